The van der Waals surface area contributed by atoms with E-state index in [1.54, 1.807) is 0 Å². The second kappa shape index (κ2) is 12.2. The fraction of sp³-hybridized carbons (Fsp3) is 0.771. The van der Waals surface area contributed by atoms with Crippen molar-refractivity contribution < 1.29 is 68.4 Å². The van der Waals surface area contributed by atoms with E-state index >= 15 is 4.79 Å². The number of carbonyl (C=O) groups is 4. The Morgan fingerprint density at radius 2 is 1.80 bits per heavy atom. The van der Waals surface area contributed by atoms with Crippen molar-refractivity contribution in [2.75, 3.05) is 20.8 Å². The van der Waals surface area contributed by atoms with Crippen molar-refractivity contribution in [3.05, 3.63) is 23.5 Å². The molecule has 1 heterocycles. The normalized spacial score (nSPS) is 48.5. The number of esters is 2. The lowest BCUT2D eigenvalue weighted by Gasteiger charge is -2.59. The molecule has 272 valence electrons. The highest BCUT2D eigenvalue weighted by Gasteiger charge is 2.85. The topological polar surface area (TPSA) is 216 Å². The molecule has 5 N–H and O–H groups in total. The van der Waals surface area contributed by atoms with Crippen LogP contribution in [0.1, 0.15) is 53.4 Å². The van der Waals surface area contributed by atoms with Crippen molar-refractivity contribution >= 4 is 24.0 Å². The minimum atomic E-state index is -2.28. The summed E-state index contributed by atoms with van der Waals surface area (Å²) in [6.07, 6.45) is -5.95. The highest BCUT2D eigenvalue weighted by molar-refractivity contribution is 5.99. The van der Waals surface area contributed by atoms with Crippen LogP contribution in [0, 0.1) is 45.8 Å². The van der Waals surface area contributed by atoms with Crippen LogP contribution in [0.5, 0.6) is 0 Å². The lowest BCUT2D eigenvalue weighted by molar-refractivity contribution is -0.286. The van der Waals surface area contributed by atoms with Gasteiger partial charge in [-0.15, -0.1) is 0 Å². The molecule has 0 unspecified atom stereocenters. The Bertz CT molecular complexity index is 1450. The summed E-state index contributed by atoms with van der Waals surface area (Å²) < 4.78 is 27.4. The number of allylic oxidation sites excluding steroid dienone is 1. The summed E-state index contributed by atoms with van der Waals surface area (Å²) in [5.41, 5.74) is -5.95. The Labute approximate surface area is 284 Å². The number of aldehydes is 1. The average Bonchev–Trinajstić information content (AvgIpc) is 3.63. The van der Waals surface area contributed by atoms with Crippen molar-refractivity contribution in [2.24, 2.45) is 45.8 Å². The molecule has 0 aromatic rings. The summed E-state index contributed by atoms with van der Waals surface area (Å²) in [6, 6.07) is 0. The number of hydrogen-bond acceptors (Lipinski definition) is 14. The summed E-state index contributed by atoms with van der Waals surface area (Å²) in [4.78, 5) is 56.0. The zero-order valence-corrected chi connectivity index (χ0v) is 28.6. The SMILES string of the molecule is COC1=CC(=O)[C@@H](OC(=O)[C@@]23C(C(C)C)=C[C@H]4C[C@]2(C=O)[C@@H]2CC[C@@H](C)[C@H]2C[C@]43COC(=O)[C@H]2O[C@@H](O)[C@@H](O)[C@@H](OC)[C@@H]2O)[C@](C)(O)[C@@H]1O. The number of ketones is 1. The molecule has 0 amide bonds. The molecule has 15 atom stereocenters. The van der Waals surface area contributed by atoms with Gasteiger partial charge in [-0.2, -0.15) is 0 Å². The van der Waals surface area contributed by atoms with Crippen LogP contribution in [-0.4, -0.2) is 119 Å². The van der Waals surface area contributed by atoms with Gasteiger partial charge in [-0.05, 0) is 55.8 Å². The number of ether oxygens (including phenoxy) is 5. The molecule has 49 heavy (non-hydrogen) atoms. The van der Waals surface area contributed by atoms with Gasteiger partial charge >= 0.3 is 11.9 Å². The minimum Gasteiger partial charge on any atom is -0.498 e. The van der Waals surface area contributed by atoms with Gasteiger partial charge in [0, 0.05) is 18.6 Å². The molecule has 0 radical (unpaired) electrons. The molecule has 1 aliphatic heterocycles. The first-order chi connectivity index (χ1) is 23.0. The Morgan fingerprint density at radius 3 is 2.41 bits per heavy atom. The quantitative estimate of drug-likeness (QED) is 0.122. The van der Waals surface area contributed by atoms with Gasteiger partial charge in [0.15, 0.2) is 18.5 Å². The van der Waals surface area contributed by atoms with Crippen molar-refractivity contribution in [1.29, 1.82) is 0 Å². The third kappa shape index (κ3) is 4.63. The second-order valence-electron chi connectivity index (χ2n) is 15.5. The van der Waals surface area contributed by atoms with Crippen LogP contribution in [0.3, 0.4) is 0 Å². The van der Waals surface area contributed by atoms with E-state index in [1.165, 1.54) is 21.1 Å². The molecular formula is C35H48O14. The monoisotopic (exact) mass is 692 g/mol. The maximum Gasteiger partial charge on any atom is 0.338 e. The van der Waals surface area contributed by atoms with E-state index < -0.39 is 95.0 Å². The van der Waals surface area contributed by atoms with Gasteiger partial charge in [-0.1, -0.05) is 38.8 Å². The molecule has 6 rings (SSSR count). The molecule has 14 heteroatoms. The number of aliphatic hydroxyl groups is 5. The van der Waals surface area contributed by atoms with Crippen LogP contribution in [0.2, 0.25) is 0 Å². The maximum absolute atomic E-state index is 15.2. The number of carbonyl (C=O) groups excluding carboxylic acids is 4. The van der Waals surface area contributed by atoms with E-state index in [4.69, 9.17) is 23.7 Å². The van der Waals surface area contributed by atoms with E-state index in [1.807, 2.05) is 19.9 Å². The Hall–Kier alpha value is -2.72. The minimum absolute atomic E-state index is 0.0189. The van der Waals surface area contributed by atoms with Gasteiger partial charge in [0.25, 0.3) is 0 Å². The predicted molar refractivity (Wildman–Crippen MR) is 166 cm³/mol. The Kier molecular flexibility index (Phi) is 8.99. The standard InChI is InChI=1S/C35H48O14/c1-15(2)20-9-17-11-33(13-36)19-8-7-16(3)18(19)12-34(17,14-47-30(42)26-23(38)25(46-6)24(39)29(41)48-26)35(20,33)31(43)49-28-21(37)10-22(45-5)27(40)32(28,4)44/h9-10,13,15-19,23-29,38-41,44H,7-8,11-12,14H2,1-6H3/t16-,17+,18-,19-,23+,24+,25+,26+,27-,28-,29-,32-,33+,34+,35+/m1/s1. The van der Waals surface area contributed by atoms with Gasteiger partial charge < -0.3 is 54.0 Å². The summed E-state index contributed by atoms with van der Waals surface area (Å²) in [5, 5.41) is 53.6. The molecule has 0 aromatic heterocycles. The van der Waals surface area contributed by atoms with E-state index in [2.05, 4.69) is 6.92 Å². The average molecular weight is 693 g/mol. The van der Waals surface area contributed by atoms with Crippen molar-refractivity contribution in [2.45, 2.75) is 102 Å². The Balaban J connectivity index is 1.45. The number of hydrogen-bond donors (Lipinski definition) is 5. The van der Waals surface area contributed by atoms with Crippen molar-refractivity contribution in [3.63, 3.8) is 0 Å². The fourth-order valence-electron chi connectivity index (χ4n) is 10.8. The van der Waals surface area contributed by atoms with E-state index in [9.17, 15) is 39.9 Å². The smallest absolute Gasteiger partial charge is 0.338 e. The second-order valence-corrected chi connectivity index (χ2v) is 15.5. The zero-order valence-electron chi connectivity index (χ0n) is 28.6. The van der Waals surface area contributed by atoms with Crippen molar-refractivity contribution in [3.8, 4) is 0 Å². The summed E-state index contributed by atoms with van der Waals surface area (Å²) in [7, 11) is 2.43. The van der Waals surface area contributed by atoms with Gasteiger partial charge in [0.2, 0.25) is 5.78 Å². The largest absolute Gasteiger partial charge is 0.498 e. The van der Waals surface area contributed by atoms with Crippen LogP contribution in [0.4, 0.5) is 0 Å². The third-order valence-electron chi connectivity index (χ3n) is 13.0. The number of aliphatic hydroxyl groups excluding tert-OH is 4. The molecular weight excluding hydrogens is 644 g/mol. The van der Waals surface area contributed by atoms with Crippen LogP contribution >= 0.6 is 0 Å². The van der Waals surface area contributed by atoms with Crippen LogP contribution in [0.15, 0.2) is 23.5 Å². The van der Waals surface area contributed by atoms with E-state index in [-0.39, 0.29) is 35.9 Å². The molecule has 5 aliphatic carbocycles. The van der Waals surface area contributed by atoms with Gasteiger partial charge in [-0.3, -0.25) is 9.59 Å². The molecule has 4 bridgehead atoms. The van der Waals surface area contributed by atoms with Crippen LogP contribution in [-0.2, 0) is 42.9 Å². The molecule has 4 fully saturated rings. The van der Waals surface area contributed by atoms with Gasteiger partial charge in [-0.25, -0.2) is 4.79 Å². The molecule has 3 saturated carbocycles. The molecule has 0 spiro atoms. The van der Waals surface area contributed by atoms with Gasteiger partial charge in [0.1, 0.15) is 47.5 Å². The fourth-order valence-corrected chi connectivity index (χ4v) is 10.8. The first-order valence-electron chi connectivity index (χ1n) is 17.0. The zero-order chi connectivity index (χ0) is 36.0. The van der Waals surface area contributed by atoms with E-state index in [0.29, 0.717) is 18.4 Å². The van der Waals surface area contributed by atoms with Crippen LogP contribution < -0.4 is 0 Å². The number of methoxy groups -OCH3 is 2. The van der Waals surface area contributed by atoms with E-state index in [0.717, 1.165) is 18.8 Å². The summed E-state index contributed by atoms with van der Waals surface area (Å²) in [6.45, 7) is 6.62. The van der Waals surface area contributed by atoms with Crippen molar-refractivity contribution in [1.82, 2.24) is 0 Å². The van der Waals surface area contributed by atoms with Gasteiger partial charge in [0.05, 0.1) is 19.1 Å². The maximum atomic E-state index is 15.2. The first kappa shape index (κ1) is 36.1. The molecule has 1 saturated heterocycles. The molecule has 6 aliphatic rings. The lowest BCUT2D eigenvalue weighted by Crippen LogP contribution is -2.66. The number of fused-ring (bicyclic) bond motifs is 2. The lowest BCUT2D eigenvalue weighted by atomic mass is 9.43. The highest BCUT2D eigenvalue weighted by Crippen LogP contribution is 2.83. The van der Waals surface area contributed by atoms with Crippen LogP contribution in [0.25, 0.3) is 0 Å². The molecule has 14 nitrogen and oxygen atoms in total. The Morgan fingerprint density at radius 1 is 1.10 bits per heavy atom. The summed E-state index contributed by atoms with van der Waals surface area (Å²) >= 11 is 0. The predicted octanol–water partition coefficient (Wildman–Crippen LogP) is -0.0397. The summed E-state index contributed by atoms with van der Waals surface area (Å²) in [5.74, 6) is -3.79. The third-order valence-corrected chi connectivity index (χ3v) is 13.0. The highest BCUT2D eigenvalue weighted by atomic mass is 16.7. The number of rotatable bonds is 9. The molecule has 0 aromatic carbocycles. The first-order valence-corrected chi connectivity index (χ1v) is 17.0.